The summed E-state index contributed by atoms with van der Waals surface area (Å²) < 4.78 is 0. The fourth-order valence-electron chi connectivity index (χ4n) is 1.14. The van der Waals surface area contributed by atoms with Gasteiger partial charge in [-0.2, -0.15) is 0 Å². The summed E-state index contributed by atoms with van der Waals surface area (Å²) in [6.45, 7) is 1.83. The Morgan fingerprint density at radius 1 is 1.50 bits per heavy atom. The summed E-state index contributed by atoms with van der Waals surface area (Å²) in [7, 11) is 0. The van der Waals surface area contributed by atoms with Gasteiger partial charge in [0.25, 0.3) is 0 Å². The zero-order valence-corrected chi connectivity index (χ0v) is 5.65. The van der Waals surface area contributed by atoms with Gasteiger partial charge in [0.15, 0.2) is 0 Å². The van der Waals surface area contributed by atoms with E-state index in [1.807, 2.05) is 12.1 Å². The van der Waals surface area contributed by atoms with Crippen LogP contribution in [-0.4, -0.2) is 6.67 Å². The lowest BCUT2D eigenvalue weighted by molar-refractivity contribution is 0.709. The van der Waals surface area contributed by atoms with Crippen molar-refractivity contribution in [3.8, 4) is 0 Å². The second kappa shape index (κ2) is 2.31. The zero-order valence-electron chi connectivity index (χ0n) is 5.65. The molecule has 0 bridgehead atoms. The molecule has 0 saturated carbocycles. The Kier molecular flexibility index (Phi) is 1.32. The van der Waals surface area contributed by atoms with Crippen molar-refractivity contribution in [2.75, 3.05) is 12.0 Å². The van der Waals surface area contributed by atoms with Crippen molar-refractivity contribution in [1.29, 1.82) is 0 Å². The maximum absolute atomic E-state index is 3.23. The van der Waals surface area contributed by atoms with Crippen LogP contribution < -0.4 is 10.6 Å². The summed E-state index contributed by atoms with van der Waals surface area (Å²) in [4.78, 5) is 0. The molecule has 2 N–H and O–H groups in total. The van der Waals surface area contributed by atoms with Crippen molar-refractivity contribution >= 4 is 5.69 Å². The second-order valence-corrected chi connectivity index (χ2v) is 2.36. The van der Waals surface area contributed by atoms with Gasteiger partial charge in [0.05, 0.1) is 6.67 Å². The molecule has 0 saturated heterocycles. The van der Waals surface area contributed by atoms with Crippen LogP contribution in [0.5, 0.6) is 0 Å². The first-order valence-corrected chi connectivity index (χ1v) is 3.40. The molecule has 0 aliphatic carbocycles. The molecule has 0 unspecified atom stereocenters. The molecule has 0 spiro atoms. The van der Waals surface area contributed by atoms with Gasteiger partial charge in [0.1, 0.15) is 0 Å². The molecule has 0 fully saturated rings. The molecular weight excluding hydrogens is 124 g/mol. The van der Waals surface area contributed by atoms with Crippen LogP contribution in [0.4, 0.5) is 5.69 Å². The van der Waals surface area contributed by atoms with E-state index in [4.69, 9.17) is 0 Å². The first-order valence-electron chi connectivity index (χ1n) is 3.40. The highest BCUT2D eigenvalue weighted by Crippen LogP contribution is 2.15. The highest BCUT2D eigenvalue weighted by atomic mass is 15.1. The normalized spacial score (nSPS) is 15.6. The number of benzene rings is 1. The van der Waals surface area contributed by atoms with Crippen molar-refractivity contribution in [1.82, 2.24) is 5.32 Å². The van der Waals surface area contributed by atoms with E-state index in [1.165, 1.54) is 11.3 Å². The second-order valence-electron chi connectivity index (χ2n) is 2.36. The molecule has 0 aromatic heterocycles. The van der Waals surface area contributed by atoms with E-state index in [0.717, 1.165) is 13.2 Å². The molecule has 2 nitrogen and oxygen atoms in total. The van der Waals surface area contributed by atoms with Gasteiger partial charge in [0.2, 0.25) is 0 Å². The molecule has 2 rings (SSSR count). The largest absolute Gasteiger partial charge is 0.372 e. The summed E-state index contributed by atoms with van der Waals surface area (Å²) in [6, 6.07) is 9.03. The van der Waals surface area contributed by atoms with E-state index in [1.54, 1.807) is 0 Å². The van der Waals surface area contributed by atoms with Gasteiger partial charge < -0.3 is 5.32 Å². The van der Waals surface area contributed by atoms with E-state index in [-0.39, 0.29) is 0 Å². The summed E-state index contributed by atoms with van der Waals surface area (Å²) >= 11 is 0. The molecule has 1 aliphatic heterocycles. The van der Waals surface area contributed by atoms with Crippen molar-refractivity contribution in [3.05, 3.63) is 29.8 Å². The van der Waals surface area contributed by atoms with Crippen LogP contribution in [0.2, 0.25) is 0 Å². The standard InChI is InChI=1S/C8H9N2/c1-2-4-8-7(3-1)5-9-6-10-8/h2-4,9-10H,5-6H2. The Morgan fingerprint density at radius 2 is 2.50 bits per heavy atom. The average molecular weight is 133 g/mol. The smallest absolute Gasteiger partial charge is 0.0655 e. The third-order valence-electron chi connectivity index (χ3n) is 1.67. The maximum Gasteiger partial charge on any atom is 0.0655 e. The van der Waals surface area contributed by atoms with E-state index in [0.29, 0.717) is 0 Å². The Morgan fingerprint density at radius 3 is 3.40 bits per heavy atom. The third kappa shape index (κ3) is 0.866. The molecule has 1 radical (unpaired) electrons. The maximum atomic E-state index is 3.23. The van der Waals surface area contributed by atoms with Crippen LogP contribution >= 0.6 is 0 Å². The van der Waals surface area contributed by atoms with Gasteiger partial charge in [-0.3, -0.25) is 5.32 Å². The van der Waals surface area contributed by atoms with Crippen molar-refractivity contribution in [2.24, 2.45) is 0 Å². The van der Waals surface area contributed by atoms with E-state index < -0.39 is 0 Å². The minimum atomic E-state index is 0.872. The van der Waals surface area contributed by atoms with Crippen LogP contribution in [0.3, 0.4) is 0 Å². The highest BCUT2D eigenvalue weighted by Gasteiger charge is 2.03. The van der Waals surface area contributed by atoms with Crippen LogP contribution in [0.25, 0.3) is 0 Å². The predicted molar refractivity (Wildman–Crippen MR) is 40.6 cm³/mol. The van der Waals surface area contributed by atoms with Crippen LogP contribution in [0.1, 0.15) is 5.56 Å². The number of anilines is 1. The number of nitrogens with one attached hydrogen (secondary N) is 2. The minimum Gasteiger partial charge on any atom is -0.372 e. The Bertz CT molecular complexity index is 207. The van der Waals surface area contributed by atoms with Crippen molar-refractivity contribution in [2.45, 2.75) is 6.54 Å². The molecule has 0 atom stereocenters. The molecule has 0 amide bonds. The Hall–Kier alpha value is -1.02. The van der Waals surface area contributed by atoms with E-state index in [2.05, 4.69) is 22.8 Å². The van der Waals surface area contributed by atoms with Gasteiger partial charge in [0, 0.05) is 12.2 Å². The third-order valence-corrected chi connectivity index (χ3v) is 1.67. The molecule has 2 heteroatoms. The quantitative estimate of drug-likeness (QED) is 0.550. The fraction of sp³-hybridized carbons (Fsp3) is 0.250. The lowest BCUT2D eigenvalue weighted by Gasteiger charge is -2.17. The van der Waals surface area contributed by atoms with E-state index >= 15 is 0 Å². The SMILES string of the molecule is [c]1ccc2c(c1)CNCN2. The zero-order chi connectivity index (χ0) is 6.81. The Balaban J connectivity index is 2.41. The lowest BCUT2D eigenvalue weighted by Crippen LogP contribution is -2.27. The van der Waals surface area contributed by atoms with Gasteiger partial charge in [-0.05, 0) is 23.8 Å². The van der Waals surface area contributed by atoms with Crippen molar-refractivity contribution in [3.63, 3.8) is 0 Å². The Labute approximate surface area is 60.3 Å². The summed E-state index contributed by atoms with van der Waals surface area (Å²) in [5, 5.41) is 6.44. The topological polar surface area (TPSA) is 24.1 Å². The first kappa shape index (κ1) is 5.74. The number of fused-ring (bicyclic) bond motifs is 1. The predicted octanol–water partition coefficient (Wildman–Crippen LogP) is 0.959. The van der Waals surface area contributed by atoms with Gasteiger partial charge in [-0.1, -0.05) is 6.07 Å². The minimum absolute atomic E-state index is 0.872. The van der Waals surface area contributed by atoms with Gasteiger partial charge in [-0.15, -0.1) is 0 Å². The first-order chi connectivity index (χ1) is 4.97. The number of rotatable bonds is 0. The molecule has 1 aliphatic rings. The van der Waals surface area contributed by atoms with Gasteiger partial charge in [-0.25, -0.2) is 0 Å². The van der Waals surface area contributed by atoms with Gasteiger partial charge >= 0.3 is 0 Å². The van der Waals surface area contributed by atoms with Crippen LogP contribution in [0, 0.1) is 6.07 Å². The molecular formula is C8H9N2. The highest BCUT2D eigenvalue weighted by molar-refractivity contribution is 5.51. The summed E-state index contributed by atoms with van der Waals surface area (Å²) in [5.41, 5.74) is 2.53. The molecule has 1 heterocycles. The molecule has 1 aromatic rings. The van der Waals surface area contributed by atoms with Crippen LogP contribution in [0.15, 0.2) is 18.2 Å². The van der Waals surface area contributed by atoms with Crippen LogP contribution in [-0.2, 0) is 6.54 Å². The molecule has 51 valence electrons. The molecule has 1 aromatic carbocycles. The lowest BCUT2D eigenvalue weighted by atomic mass is 10.1. The summed E-state index contributed by atoms with van der Waals surface area (Å²) in [6.07, 6.45) is 0. The number of hydrogen-bond acceptors (Lipinski definition) is 2. The van der Waals surface area contributed by atoms with Crippen molar-refractivity contribution < 1.29 is 0 Å². The monoisotopic (exact) mass is 133 g/mol. The molecule has 10 heavy (non-hydrogen) atoms. The average Bonchev–Trinajstić information content (AvgIpc) is 2.05. The number of hydrogen-bond donors (Lipinski definition) is 2. The summed E-state index contributed by atoms with van der Waals surface area (Å²) in [5.74, 6) is 0. The van der Waals surface area contributed by atoms with E-state index in [9.17, 15) is 0 Å². The fourth-order valence-corrected chi connectivity index (χ4v) is 1.14.